The van der Waals surface area contributed by atoms with E-state index in [0.717, 1.165) is 31.6 Å². The van der Waals surface area contributed by atoms with Crippen molar-refractivity contribution in [2.45, 2.75) is 32.6 Å². The van der Waals surface area contributed by atoms with Gasteiger partial charge in [0.1, 0.15) is 5.84 Å². The molecule has 0 unspecified atom stereocenters. The third kappa shape index (κ3) is 2.06. The van der Waals surface area contributed by atoms with Crippen LogP contribution in [0.2, 0.25) is 0 Å². The van der Waals surface area contributed by atoms with E-state index in [0.29, 0.717) is 0 Å². The summed E-state index contributed by atoms with van der Waals surface area (Å²) in [7, 11) is 1.76. The number of nitrogens with zero attached hydrogens (tertiary/aromatic N) is 2. The zero-order chi connectivity index (χ0) is 8.97. The molecule has 1 aliphatic rings. The number of rotatable bonds is 0. The molecule has 0 aromatic carbocycles. The summed E-state index contributed by atoms with van der Waals surface area (Å²) >= 11 is 0. The molecule has 0 bridgehead atoms. The van der Waals surface area contributed by atoms with Gasteiger partial charge in [0, 0.05) is 26.9 Å². The van der Waals surface area contributed by atoms with E-state index in [1.807, 2.05) is 0 Å². The number of amidine groups is 1. The lowest BCUT2D eigenvalue weighted by Crippen LogP contribution is -2.34. The fraction of sp³-hybridized carbons (Fsp3) is 0.778. The smallest absolute Gasteiger partial charge is 0.224 e. The van der Waals surface area contributed by atoms with Gasteiger partial charge < -0.3 is 4.90 Å². The topological polar surface area (TPSA) is 32.7 Å². The highest BCUT2D eigenvalue weighted by Crippen LogP contribution is 2.12. The maximum absolute atomic E-state index is 11.2. The molecule has 3 heteroatoms. The van der Waals surface area contributed by atoms with E-state index < -0.39 is 0 Å². The van der Waals surface area contributed by atoms with Crippen LogP contribution < -0.4 is 0 Å². The molecular weight excluding hydrogens is 152 g/mol. The Morgan fingerprint density at radius 3 is 2.75 bits per heavy atom. The van der Waals surface area contributed by atoms with Crippen molar-refractivity contribution in [3.05, 3.63) is 0 Å². The average Bonchev–Trinajstić information content (AvgIpc) is 2.27. The summed E-state index contributed by atoms with van der Waals surface area (Å²) in [4.78, 5) is 17.1. The Morgan fingerprint density at radius 1 is 1.42 bits per heavy atom. The van der Waals surface area contributed by atoms with Crippen LogP contribution in [0.15, 0.2) is 4.99 Å². The van der Waals surface area contributed by atoms with E-state index >= 15 is 0 Å². The lowest BCUT2D eigenvalue weighted by Gasteiger charge is -2.19. The molecular formula is C9H16N2O. The van der Waals surface area contributed by atoms with Crippen molar-refractivity contribution in [2.24, 2.45) is 4.99 Å². The van der Waals surface area contributed by atoms with Crippen molar-refractivity contribution in [1.82, 2.24) is 4.90 Å². The molecule has 1 heterocycles. The van der Waals surface area contributed by atoms with Crippen LogP contribution in [0.5, 0.6) is 0 Å². The number of carbonyl (C=O) groups excluding carboxylic acids is 1. The summed E-state index contributed by atoms with van der Waals surface area (Å²) in [6, 6.07) is 0. The lowest BCUT2D eigenvalue weighted by molar-refractivity contribution is -0.125. The van der Waals surface area contributed by atoms with Crippen molar-refractivity contribution in [3.8, 4) is 0 Å². The molecule has 68 valence electrons. The van der Waals surface area contributed by atoms with Crippen LogP contribution >= 0.6 is 0 Å². The Kier molecular flexibility index (Phi) is 3.26. The summed E-state index contributed by atoms with van der Waals surface area (Å²) in [5, 5.41) is 0. The summed E-state index contributed by atoms with van der Waals surface area (Å²) in [6.07, 6.45) is 4.44. The summed E-state index contributed by atoms with van der Waals surface area (Å²) in [5.41, 5.74) is 0. The fourth-order valence-corrected chi connectivity index (χ4v) is 1.57. The first-order chi connectivity index (χ1) is 5.75. The van der Waals surface area contributed by atoms with E-state index in [4.69, 9.17) is 0 Å². The van der Waals surface area contributed by atoms with E-state index in [1.165, 1.54) is 6.42 Å². The largest absolute Gasteiger partial charge is 0.301 e. The Morgan fingerprint density at radius 2 is 2.17 bits per heavy atom. The number of hydrogen-bond acceptors (Lipinski definition) is 2. The predicted molar refractivity (Wildman–Crippen MR) is 49.2 cm³/mol. The Balaban J connectivity index is 2.71. The Hall–Kier alpha value is -0.860. The molecule has 0 atom stereocenters. The number of carbonyl (C=O) groups is 1. The molecule has 0 aromatic heterocycles. The molecule has 12 heavy (non-hydrogen) atoms. The van der Waals surface area contributed by atoms with Gasteiger partial charge in [0.2, 0.25) is 5.91 Å². The number of amides is 1. The second kappa shape index (κ2) is 4.24. The molecule has 0 N–H and O–H groups in total. The molecule has 0 radical (unpaired) electrons. The van der Waals surface area contributed by atoms with Crippen LogP contribution in [-0.4, -0.2) is 30.2 Å². The Bertz CT molecular complexity index is 199. The van der Waals surface area contributed by atoms with Gasteiger partial charge in [0.05, 0.1) is 0 Å². The van der Waals surface area contributed by atoms with Crippen molar-refractivity contribution >= 4 is 11.7 Å². The molecule has 0 spiro atoms. The maximum Gasteiger partial charge on any atom is 0.224 e. The van der Waals surface area contributed by atoms with Gasteiger partial charge in [-0.15, -0.1) is 0 Å². The first kappa shape index (κ1) is 9.23. The SMILES string of the molecule is C/N=C1/CCCCCN1C(C)=O. The number of hydrogen-bond donors (Lipinski definition) is 0. The second-order valence-electron chi connectivity index (χ2n) is 3.12. The zero-order valence-corrected chi connectivity index (χ0v) is 7.84. The van der Waals surface area contributed by atoms with Gasteiger partial charge in [-0.3, -0.25) is 9.79 Å². The van der Waals surface area contributed by atoms with Crippen LogP contribution in [0.4, 0.5) is 0 Å². The Labute approximate surface area is 73.5 Å². The van der Waals surface area contributed by atoms with Crippen LogP contribution in [0.3, 0.4) is 0 Å². The van der Waals surface area contributed by atoms with Crippen molar-refractivity contribution in [2.75, 3.05) is 13.6 Å². The normalized spacial score (nSPS) is 22.5. The maximum atomic E-state index is 11.2. The van der Waals surface area contributed by atoms with Gasteiger partial charge in [-0.2, -0.15) is 0 Å². The minimum atomic E-state index is 0.123. The van der Waals surface area contributed by atoms with E-state index in [-0.39, 0.29) is 5.91 Å². The molecule has 1 amide bonds. The van der Waals surface area contributed by atoms with Crippen molar-refractivity contribution < 1.29 is 4.79 Å². The zero-order valence-electron chi connectivity index (χ0n) is 7.84. The minimum Gasteiger partial charge on any atom is -0.301 e. The van der Waals surface area contributed by atoms with Crippen LogP contribution in [-0.2, 0) is 4.79 Å². The first-order valence-corrected chi connectivity index (χ1v) is 4.49. The van der Waals surface area contributed by atoms with E-state index in [2.05, 4.69) is 4.99 Å². The average molecular weight is 168 g/mol. The number of aliphatic imine (C=N–C) groups is 1. The first-order valence-electron chi connectivity index (χ1n) is 4.49. The second-order valence-corrected chi connectivity index (χ2v) is 3.12. The van der Waals surface area contributed by atoms with Crippen molar-refractivity contribution in [1.29, 1.82) is 0 Å². The summed E-state index contributed by atoms with van der Waals surface area (Å²) in [6.45, 7) is 2.46. The predicted octanol–water partition coefficient (Wildman–Crippen LogP) is 1.44. The lowest BCUT2D eigenvalue weighted by atomic mass is 10.2. The third-order valence-electron chi connectivity index (χ3n) is 2.23. The molecule has 1 fully saturated rings. The summed E-state index contributed by atoms with van der Waals surface area (Å²) < 4.78 is 0. The number of likely N-dealkylation sites (tertiary alicyclic amines) is 1. The van der Waals surface area contributed by atoms with E-state index in [9.17, 15) is 4.79 Å². The molecule has 0 aromatic rings. The van der Waals surface area contributed by atoms with Crippen LogP contribution in [0.1, 0.15) is 32.6 Å². The van der Waals surface area contributed by atoms with Gasteiger partial charge in [-0.1, -0.05) is 6.42 Å². The molecule has 1 aliphatic heterocycles. The molecule has 1 rings (SSSR count). The van der Waals surface area contributed by atoms with Crippen LogP contribution in [0.25, 0.3) is 0 Å². The molecule has 3 nitrogen and oxygen atoms in total. The van der Waals surface area contributed by atoms with Gasteiger partial charge in [0.15, 0.2) is 0 Å². The summed E-state index contributed by atoms with van der Waals surface area (Å²) in [5.74, 6) is 1.08. The van der Waals surface area contributed by atoms with Crippen molar-refractivity contribution in [3.63, 3.8) is 0 Å². The van der Waals surface area contributed by atoms with E-state index in [1.54, 1.807) is 18.9 Å². The van der Waals surface area contributed by atoms with Gasteiger partial charge in [-0.25, -0.2) is 0 Å². The quantitative estimate of drug-likeness (QED) is 0.538. The third-order valence-corrected chi connectivity index (χ3v) is 2.23. The standard InChI is InChI=1S/C9H16N2O/c1-8(12)11-7-5-3-4-6-9(11)10-2/h3-7H2,1-2H3/b10-9-. The molecule has 0 saturated carbocycles. The fourth-order valence-electron chi connectivity index (χ4n) is 1.57. The monoisotopic (exact) mass is 168 g/mol. The minimum absolute atomic E-state index is 0.123. The molecule has 0 aliphatic carbocycles. The highest BCUT2D eigenvalue weighted by molar-refractivity contribution is 5.97. The van der Waals surface area contributed by atoms with Gasteiger partial charge >= 0.3 is 0 Å². The highest BCUT2D eigenvalue weighted by atomic mass is 16.2. The van der Waals surface area contributed by atoms with Gasteiger partial charge in [-0.05, 0) is 12.8 Å². The van der Waals surface area contributed by atoms with Gasteiger partial charge in [0.25, 0.3) is 0 Å². The highest BCUT2D eigenvalue weighted by Gasteiger charge is 2.17. The van der Waals surface area contributed by atoms with Crippen LogP contribution in [0, 0.1) is 0 Å². The molecule has 1 saturated heterocycles.